The van der Waals surface area contributed by atoms with E-state index in [0.29, 0.717) is 12.5 Å². The van der Waals surface area contributed by atoms with E-state index in [9.17, 15) is 0 Å². The molecule has 0 bridgehead atoms. The van der Waals surface area contributed by atoms with Crippen LogP contribution in [0.1, 0.15) is 38.3 Å². The fourth-order valence-electron chi connectivity index (χ4n) is 2.35. The summed E-state index contributed by atoms with van der Waals surface area (Å²) in [5.74, 6) is 1.35. The SMILES string of the molecule is CCCNC(C)c1ccc(OCC2CCOC2)cc1Cl. The summed E-state index contributed by atoms with van der Waals surface area (Å²) in [5, 5.41) is 4.21. The number of benzene rings is 1. The van der Waals surface area contributed by atoms with Crippen molar-refractivity contribution in [3.8, 4) is 5.75 Å². The van der Waals surface area contributed by atoms with E-state index in [1.54, 1.807) is 0 Å². The zero-order valence-electron chi connectivity index (χ0n) is 12.3. The Bertz CT molecular complexity index is 419. The minimum Gasteiger partial charge on any atom is -0.493 e. The number of halogens is 1. The Kier molecular flexibility index (Phi) is 6.14. The van der Waals surface area contributed by atoms with Gasteiger partial charge in [-0.25, -0.2) is 0 Å². The molecule has 1 saturated heterocycles. The Morgan fingerprint density at radius 3 is 3.00 bits per heavy atom. The van der Waals surface area contributed by atoms with Crippen molar-refractivity contribution in [1.29, 1.82) is 0 Å². The van der Waals surface area contributed by atoms with E-state index in [1.165, 1.54) is 0 Å². The van der Waals surface area contributed by atoms with Crippen molar-refractivity contribution in [2.24, 2.45) is 5.92 Å². The number of rotatable bonds is 7. The Morgan fingerprint density at radius 1 is 1.50 bits per heavy atom. The third kappa shape index (κ3) is 4.37. The van der Waals surface area contributed by atoms with E-state index in [1.807, 2.05) is 12.1 Å². The van der Waals surface area contributed by atoms with Gasteiger partial charge in [-0.3, -0.25) is 0 Å². The molecule has 0 amide bonds. The van der Waals surface area contributed by atoms with Crippen LogP contribution in [0.5, 0.6) is 5.75 Å². The van der Waals surface area contributed by atoms with Crippen LogP contribution in [-0.2, 0) is 4.74 Å². The maximum atomic E-state index is 6.35. The molecule has 0 saturated carbocycles. The summed E-state index contributed by atoms with van der Waals surface area (Å²) in [6, 6.07) is 6.23. The number of nitrogens with one attached hydrogen (secondary N) is 1. The fourth-order valence-corrected chi connectivity index (χ4v) is 2.68. The van der Waals surface area contributed by atoms with Crippen LogP contribution >= 0.6 is 11.6 Å². The van der Waals surface area contributed by atoms with Crippen molar-refractivity contribution in [1.82, 2.24) is 5.32 Å². The van der Waals surface area contributed by atoms with Gasteiger partial charge in [0.15, 0.2) is 0 Å². The molecule has 0 aromatic heterocycles. The van der Waals surface area contributed by atoms with E-state index in [2.05, 4.69) is 25.2 Å². The number of hydrogen-bond donors (Lipinski definition) is 1. The largest absolute Gasteiger partial charge is 0.493 e. The third-order valence-corrected chi connectivity index (χ3v) is 3.98. The molecule has 1 heterocycles. The first-order valence-corrected chi connectivity index (χ1v) is 7.82. The second kappa shape index (κ2) is 7.87. The van der Waals surface area contributed by atoms with Crippen LogP contribution in [0.4, 0.5) is 0 Å². The van der Waals surface area contributed by atoms with Gasteiger partial charge in [-0.1, -0.05) is 24.6 Å². The lowest BCUT2D eigenvalue weighted by molar-refractivity contribution is 0.167. The van der Waals surface area contributed by atoms with Gasteiger partial charge in [0.05, 0.1) is 13.2 Å². The summed E-state index contributed by atoms with van der Waals surface area (Å²) in [7, 11) is 0. The maximum Gasteiger partial charge on any atom is 0.120 e. The first-order valence-electron chi connectivity index (χ1n) is 7.44. The smallest absolute Gasteiger partial charge is 0.120 e. The van der Waals surface area contributed by atoms with E-state index >= 15 is 0 Å². The van der Waals surface area contributed by atoms with Crippen molar-refractivity contribution >= 4 is 11.6 Å². The first-order chi connectivity index (χ1) is 9.70. The van der Waals surface area contributed by atoms with E-state index < -0.39 is 0 Å². The molecule has 2 rings (SSSR count). The van der Waals surface area contributed by atoms with E-state index in [-0.39, 0.29) is 6.04 Å². The molecule has 112 valence electrons. The van der Waals surface area contributed by atoms with E-state index in [0.717, 1.165) is 48.9 Å². The third-order valence-electron chi connectivity index (χ3n) is 3.65. The van der Waals surface area contributed by atoms with Crippen LogP contribution in [0, 0.1) is 5.92 Å². The summed E-state index contributed by atoms with van der Waals surface area (Å²) in [6.07, 6.45) is 2.20. The first kappa shape index (κ1) is 15.6. The number of ether oxygens (including phenoxy) is 2. The van der Waals surface area contributed by atoms with Crippen molar-refractivity contribution in [3.05, 3.63) is 28.8 Å². The Balaban J connectivity index is 1.90. The summed E-state index contributed by atoms with van der Waals surface area (Å²) in [4.78, 5) is 0. The van der Waals surface area contributed by atoms with Crippen molar-refractivity contribution in [3.63, 3.8) is 0 Å². The topological polar surface area (TPSA) is 30.5 Å². The van der Waals surface area contributed by atoms with Gasteiger partial charge in [0, 0.05) is 23.6 Å². The van der Waals surface area contributed by atoms with Crippen LogP contribution in [0.2, 0.25) is 5.02 Å². The van der Waals surface area contributed by atoms with Gasteiger partial charge >= 0.3 is 0 Å². The maximum absolute atomic E-state index is 6.35. The molecule has 1 N–H and O–H groups in total. The van der Waals surface area contributed by atoms with Crippen LogP contribution in [0.25, 0.3) is 0 Å². The molecular formula is C16H24ClNO2. The van der Waals surface area contributed by atoms with Gasteiger partial charge in [-0.2, -0.15) is 0 Å². The molecule has 1 aliphatic heterocycles. The highest BCUT2D eigenvalue weighted by atomic mass is 35.5. The molecular weight excluding hydrogens is 274 g/mol. The highest BCUT2D eigenvalue weighted by Crippen LogP contribution is 2.28. The lowest BCUT2D eigenvalue weighted by Crippen LogP contribution is -2.19. The molecule has 1 fully saturated rings. The van der Waals surface area contributed by atoms with Crippen LogP contribution in [-0.4, -0.2) is 26.4 Å². The molecule has 2 atom stereocenters. The van der Waals surface area contributed by atoms with Crippen LogP contribution < -0.4 is 10.1 Å². The zero-order valence-corrected chi connectivity index (χ0v) is 13.1. The van der Waals surface area contributed by atoms with Crippen molar-refractivity contribution in [2.75, 3.05) is 26.4 Å². The normalized spacial score (nSPS) is 20.1. The predicted molar refractivity (Wildman–Crippen MR) is 82.6 cm³/mol. The standard InChI is InChI=1S/C16H24ClNO2/c1-3-7-18-12(2)15-5-4-14(9-16(15)17)20-11-13-6-8-19-10-13/h4-5,9,12-13,18H,3,6-8,10-11H2,1-2H3. The lowest BCUT2D eigenvalue weighted by Gasteiger charge is -2.17. The molecule has 1 aromatic carbocycles. The quantitative estimate of drug-likeness (QED) is 0.830. The molecule has 0 radical (unpaired) electrons. The summed E-state index contributed by atoms with van der Waals surface area (Å²) >= 11 is 6.35. The predicted octanol–water partition coefficient (Wildman–Crippen LogP) is 3.82. The minimum atomic E-state index is 0.264. The molecule has 0 aliphatic carbocycles. The summed E-state index contributed by atoms with van der Waals surface area (Å²) in [5.41, 5.74) is 1.12. The molecule has 3 nitrogen and oxygen atoms in total. The van der Waals surface area contributed by atoms with Crippen molar-refractivity contribution in [2.45, 2.75) is 32.7 Å². The molecule has 4 heteroatoms. The van der Waals surface area contributed by atoms with Gasteiger partial charge < -0.3 is 14.8 Å². The summed E-state index contributed by atoms with van der Waals surface area (Å²) < 4.78 is 11.1. The second-order valence-corrected chi connectivity index (χ2v) is 5.81. The number of hydrogen-bond acceptors (Lipinski definition) is 3. The Hall–Kier alpha value is -0.770. The average Bonchev–Trinajstić information content (AvgIpc) is 2.96. The van der Waals surface area contributed by atoms with Gasteiger partial charge in [-0.15, -0.1) is 0 Å². The molecule has 2 unspecified atom stereocenters. The Labute approximate surface area is 126 Å². The van der Waals surface area contributed by atoms with Crippen LogP contribution in [0.3, 0.4) is 0 Å². The lowest BCUT2D eigenvalue weighted by atomic mass is 10.1. The highest BCUT2D eigenvalue weighted by Gasteiger charge is 2.16. The van der Waals surface area contributed by atoms with Gasteiger partial charge in [0.25, 0.3) is 0 Å². The highest BCUT2D eigenvalue weighted by molar-refractivity contribution is 6.31. The zero-order chi connectivity index (χ0) is 14.4. The molecule has 20 heavy (non-hydrogen) atoms. The van der Waals surface area contributed by atoms with Crippen LogP contribution in [0.15, 0.2) is 18.2 Å². The van der Waals surface area contributed by atoms with Gasteiger partial charge in [-0.05, 0) is 44.0 Å². The molecule has 1 aromatic rings. The average molecular weight is 298 g/mol. The summed E-state index contributed by atoms with van der Waals surface area (Å²) in [6.45, 7) is 7.66. The Morgan fingerprint density at radius 2 is 2.35 bits per heavy atom. The van der Waals surface area contributed by atoms with Gasteiger partial charge in [0.1, 0.15) is 5.75 Å². The van der Waals surface area contributed by atoms with E-state index in [4.69, 9.17) is 21.1 Å². The molecule has 0 spiro atoms. The molecule has 1 aliphatic rings. The monoisotopic (exact) mass is 297 g/mol. The van der Waals surface area contributed by atoms with Crippen molar-refractivity contribution < 1.29 is 9.47 Å². The second-order valence-electron chi connectivity index (χ2n) is 5.40. The fraction of sp³-hybridized carbons (Fsp3) is 0.625. The van der Waals surface area contributed by atoms with Gasteiger partial charge in [0.2, 0.25) is 0 Å². The minimum absolute atomic E-state index is 0.264.